The van der Waals surface area contributed by atoms with E-state index in [9.17, 15) is 25.9 Å². The Kier molecular flexibility index (Phi) is 14.7. The van der Waals surface area contributed by atoms with E-state index in [1.54, 1.807) is 24.3 Å². The molecule has 0 amide bonds. The van der Waals surface area contributed by atoms with Gasteiger partial charge >= 0.3 is 71.1 Å². The molecule has 0 spiro atoms. The van der Waals surface area contributed by atoms with Gasteiger partial charge in [-0.3, -0.25) is 0 Å². The van der Waals surface area contributed by atoms with Gasteiger partial charge in [-0.1, -0.05) is 6.07 Å². The van der Waals surface area contributed by atoms with Crippen molar-refractivity contribution in [1.82, 2.24) is 29.9 Å². The number of benzene rings is 1. The summed E-state index contributed by atoms with van der Waals surface area (Å²) in [6, 6.07) is 6.61. The number of nitrogens with one attached hydrogen (secondary N) is 4. The maximum absolute atomic E-state index is 10.8. The van der Waals surface area contributed by atoms with Gasteiger partial charge in [0.1, 0.15) is 0 Å². The Bertz CT molecular complexity index is 1380. The SMILES string of the molecule is COc1nc(NCCS(=O)(=O)[O-])nc(Nc2cccc(Nc3nc(NCCS(=O)(=O)[O-])nc(OC)n3)c2)n1.[Na+].[Na+]. The molecule has 0 radical (unpaired) electrons. The van der Waals surface area contributed by atoms with Crippen LogP contribution in [0.3, 0.4) is 0 Å². The summed E-state index contributed by atoms with van der Waals surface area (Å²) in [5, 5.41) is 11.1. The first-order valence-corrected chi connectivity index (χ1v) is 13.7. The second kappa shape index (κ2) is 16.3. The van der Waals surface area contributed by atoms with Crippen LogP contribution in [0.1, 0.15) is 0 Å². The zero-order valence-corrected chi connectivity index (χ0v) is 27.5. The second-order valence-electron chi connectivity index (χ2n) is 7.15. The smallest absolute Gasteiger partial charge is 0.748 e. The molecule has 0 saturated carbocycles. The molecule has 2 heterocycles. The summed E-state index contributed by atoms with van der Waals surface area (Å²) in [6.45, 7) is -0.423. The molecule has 4 N–H and O–H groups in total. The van der Waals surface area contributed by atoms with E-state index in [4.69, 9.17) is 9.47 Å². The maximum atomic E-state index is 10.8. The second-order valence-corrected chi connectivity index (χ2v) is 10.2. The molecule has 0 atom stereocenters. The minimum Gasteiger partial charge on any atom is -0.748 e. The molecule has 22 heteroatoms. The number of rotatable bonds is 14. The topological polar surface area (TPSA) is 258 Å². The quantitative estimate of drug-likeness (QED) is 0.0969. The van der Waals surface area contributed by atoms with Gasteiger partial charge in [-0.25, -0.2) is 16.8 Å². The van der Waals surface area contributed by atoms with Gasteiger partial charge in [0.2, 0.25) is 23.8 Å². The van der Waals surface area contributed by atoms with Crippen molar-refractivity contribution in [1.29, 1.82) is 0 Å². The number of hydrogen-bond acceptors (Lipinski definition) is 18. The Morgan fingerprint density at radius 2 is 1.05 bits per heavy atom. The third kappa shape index (κ3) is 13.0. The first kappa shape index (κ1) is 35.9. The average molecular weight is 617 g/mol. The zero-order valence-electron chi connectivity index (χ0n) is 21.9. The van der Waals surface area contributed by atoms with Crippen molar-refractivity contribution in [3.63, 3.8) is 0 Å². The Labute approximate surface area is 274 Å². The third-order valence-electron chi connectivity index (χ3n) is 4.24. The van der Waals surface area contributed by atoms with Crippen LogP contribution in [0.15, 0.2) is 24.3 Å². The Morgan fingerprint density at radius 1 is 0.675 bits per heavy atom. The van der Waals surface area contributed by atoms with E-state index >= 15 is 0 Å². The minimum atomic E-state index is -4.42. The van der Waals surface area contributed by atoms with Crippen LogP contribution >= 0.6 is 0 Å². The summed E-state index contributed by atoms with van der Waals surface area (Å²) in [6.07, 6.45) is 0. The maximum Gasteiger partial charge on any atom is 1.00 e. The summed E-state index contributed by atoms with van der Waals surface area (Å²) < 4.78 is 74.9. The average Bonchev–Trinajstić information content (AvgIpc) is 2.82. The van der Waals surface area contributed by atoms with Crippen molar-refractivity contribution in [2.75, 3.05) is 60.1 Å². The van der Waals surface area contributed by atoms with Crippen LogP contribution in [0.25, 0.3) is 0 Å². The predicted molar refractivity (Wildman–Crippen MR) is 132 cm³/mol. The minimum absolute atomic E-state index is 0. The van der Waals surface area contributed by atoms with E-state index in [0.717, 1.165) is 0 Å². The van der Waals surface area contributed by atoms with Crippen molar-refractivity contribution in [3.05, 3.63) is 24.3 Å². The van der Waals surface area contributed by atoms with Crippen molar-refractivity contribution in [3.8, 4) is 12.0 Å². The van der Waals surface area contributed by atoms with Crippen LogP contribution in [0, 0.1) is 0 Å². The van der Waals surface area contributed by atoms with Gasteiger partial charge in [-0.2, -0.15) is 29.9 Å². The van der Waals surface area contributed by atoms with Crippen molar-refractivity contribution in [2.45, 2.75) is 0 Å². The first-order valence-electron chi connectivity index (χ1n) is 10.5. The van der Waals surface area contributed by atoms with Crippen LogP contribution in [0.2, 0.25) is 0 Å². The van der Waals surface area contributed by atoms with Gasteiger partial charge in [0.15, 0.2) is 0 Å². The molecular weight excluding hydrogens is 594 g/mol. The summed E-state index contributed by atoms with van der Waals surface area (Å²) in [7, 11) is -6.17. The molecule has 0 fully saturated rings. The fraction of sp³-hybridized carbons (Fsp3) is 0.333. The standard InChI is InChI=1S/C18H24N10O8S2.2Na/c1-35-17-25-13(19-6-8-37(29,30)31)23-15(27-17)21-11-4-3-5-12(10-11)22-16-24-14(26-18(28-16)36-2)20-7-9-38(32,33)34;;/h3-5,10H,6-9H2,1-2H3,(H,29,30,31)(H,32,33,34)(H2,19,21,23,25,27)(H2,20,22,24,26,28);;/q;2*+1/p-2. The van der Waals surface area contributed by atoms with E-state index in [1.807, 2.05) is 0 Å². The van der Waals surface area contributed by atoms with Gasteiger partial charge in [0, 0.05) is 24.5 Å². The van der Waals surface area contributed by atoms with Crippen molar-refractivity contribution < 1.29 is 94.5 Å². The number of nitrogens with zero attached hydrogens (tertiary/aromatic N) is 6. The van der Waals surface area contributed by atoms with E-state index in [0.29, 0.717) is 11.4 Å². The van der Waals surface area contributed by atoms with E-state index < -0.39 is 31.7 Å². The number of hydrogen-bond donors (Lipinski definition) is 4. The molecule has 40 heavy (non-hydrogen) atoms. The summed E-state index contributed by atoms with van der Waals surface area (Å²) in [5.74, 6) is -1.23. The number of ether oxygens (including phenoxy) is 2. The monoisotopic (exact) mass is 616 g/mol. The molecule has 3 aromatic rings. The number of anilines is 6. The third-order valence-corrected chi connectivity index (χ3v) is 5.65. The van der Waals surface area contributed by atoms with Gasteiger partial charge in [-0.05, 0) is 18.2 Å². The molecular formula is C18H22N10Na2O8S2. The molecule has 0 aliphatic heterocycles. The number of methoxy groups -OCH3 is 2. The molecule has 0 unspecified atom stereocenters. The van der Waals surface area contributed by atoms with E-state index in [1.165, 1.54) is 14.2 Å². The summed E-state index contributed by atoms with van der Waals surface area (Å²) in [5.41, 5.74) is 1.02. The van der Waals surface area contributed by atoms with Crippen LogP contribution in [-0.4, -0.2) is 94.7 Å². The van der Waals surface area contributed by atoms with Crippen molar-refractivity contribution in [2.24, 2.45) is 0 Å². The summed E-state index contributed by atoms with van der Waals surface area (Å²) in [4.78, 5) is 24.3. The predicted octanol–water partition coefficient (Wildman–Crippen LogP) is -6.52. The zero-order chi connectivity index (χ0) is 27.8. The first-order chi connectivity index (χ1) is 17.9. The normalized spacial score (nSPS) is 10.9. The van der Waals surface area contributed by atoms with Crippen LogP contribution in [0.5, 0.6) is 12.0 Å². The Hall–Kier alpha value is -2.14. The molecule has 0 saturated heterocycles. The van der Waals surface area contributed by atoms with Gasteiger partial charge in [-0.15, -0.1) is 0 Å². The van der Waals surface area contributed by atoms with Gasteiger partial charge < -0.3 is 39.8 Å². The van der Waals surface area contributed by atoms with E-state index in [2.05, 4.69) is 51.2 Å². The summed E-state index contributed by atoms with van der Waals surface area (Å²) >= 11 is 0. The van der Waals surface area contributed by atoms with Crippen LogP contribution < -0.4 is 89.9 Å². The molecule has 0 aliphatic rings. The Balaban J connectivity index is 0.00000400. The molecule has 0 bridgehead atoms. The molecule has 1 aromatic carbocycles. The molecule has 206 valence electrons. The van der Waals surface area contributed by atoms with Gasteiger partial charge in [0.05, 0.1) is 46.0 Å². The van der Waals surface area contributed by atoms with Crippen LogP contribution in [-0.2, 0) is 20.2 Å². The fourth-order valence-electron chi connectivity index (χ4n) is 2.67. The molecule has 3 rings (SSSR count). The molecule has 0 aliphatic carbocycles. The molecule has 18 nitrogen and oxygen atoms in total. The molecule has 2 aromatic heterocycles. The number of aromatic nitrogens is 6. The largest absolute Gasteiger partial charge is 1.00 e. The van der Waals surface area contributed by atoms with Crippen molar-refractivity contribution >= 4 is 55.4 Å². The van der Waals surface area contributed by atoms with Gasteiger partial charge in [0.25, 0.3) is 0 Å². The Morgan fingerprint density at radius 3 is 1.40 bits per heavy atom. The fourth-order valence-corrected chi connectivity index (χ4v) is 3.38. The van der Waals surface area contributed by atoms with E-state index in [-0.39, 0.29) is 108 Å². The van der Waals surface area contributed by atoms with Crippen LogP contribution in [0.4, 0.5) is 35.2 Å².